The predicted octanol–water partition coefficient (Wildman–Crippen LogP) is 0.294. The lowest BCUT2D eigenvalue weighted by Gasteiger charge is -2.14. The number of aromatic nitrogens is 2. The molecule has 22 heavy (non-hydrogen) atoms. The average molecular weight is 303 g/mol. The van der Waals surface area contributed by atoms with E-state index in [1.165, 1.54) is 6.08 Å². The lowest BCUT2D eigenvalue weighted by atomic mass is 10.3. The number of carbonyl (C=O) groups is 2. The number of amides is 2. The molecule has 1 aliphatic rings. The average Bonchev–Trinajstić information content (AvgIpc) is 3.05. The molecule has 118 valence electrons. The smallest absolute Gasteiger partial charge is 0.244 e. The fourth-order valence-electron chi connectivity index (χ4n) is 2.12. The molecule has 1 fully saturated rings. The van der Waals surface area contributed by atoms with E-state index in [9.17, 15) is 9.59 Å². The summed E-state index contributed by atoms with van der Waals surface area (Å²) in [7, 11) is 3.71. The van der Waals surface area contributed by atoms with Gasteiger partial charge in [0.15, 0.2) is 0 Å². The van der Waals surface area contributed by atoms with E-state index in [2.05, 4.69) is 15.3 Å². The Bertz CT molecular complexity index is 548. The van der Waals surface area contributed by atoms with Crippen LogP contribution in [0, 0.1) is 0 Å². The molecule has 0 aliphatic carbocycles. The first-order valence-electron chi connectivity index (χ1n) is 7.29. The van der Waals surface area contributed by atoms with Crippen molar-refractivity contribution in [1.82, 2.24) is 20.2 Å². The van der Waals surface area contributed by atoms with Crippen LogP contribution in [0.15, 0.2) is 18.5 Å². The van der Waals surface area contributed by atoms with Crippen LogP contribution >= 0.6 is 0 Å². The standard InChI is InChI=1S/C15H21N5O2/c1-19(2)15-17-9-12(10-18-15)5-6-13(21)16-11-14(22)20-7-3-4-8-20/h5-6,9-10H,3-4,7-8,11H2,1-2H3,(H,16,21). The predicted molar refractivity (Wildman–Crippen MR) is 84.2 cm³/mol. The highest BCUT2D eigenvalue weighted by Crippen LogP contribution is 2.07. The maximum absolute atomic E-state index is 11.8. The molecule has 1 saturated heterocycles. The third kappa shape index (κ3) is 4.54. The highest BCUT2D eigenvalue weighted by Gasteiger charge is 2.17. The molecule has 0 aromatic carbocycles. The zero-order chi connectivity index (χ0) is 15.9. The van der Waals surface area contributed by atoms with Gasteiger partial charge in [0.05, 0.1) is 6.54 Å². The molecule has 1 N–H and O–H groups in total. The maximum atomic E-state index is 11.8. The molecule has 1 aromatic heterocycles. The number of nitrogens with one attached hydrogen (secondary N) is 1. The van der Waals surface area contributed by atoms with Crippen LogP contribution in [-0.4, -0.2) is 60.4 Å². The van der Waals surface area contributed by atoms with Crippen molar-refractivity contribution in [3.8, 4) is 0 Å². The summed E-state index contributed by atoms with van der Waals surface area (Å²) in [5.74, 6) is 0.278. The van der Waals surface area contributed by atoms with Crippen molar-refractivity contribution in [3.05, 3.63) is 24.0 Å². The lowest BCUT2D eigenvalue weighted by Crippen LogP contribution is -2.38. The van der Waals surface area contributed by atoms with E-state index in [1.54, 1.807) is 28.3 Å². The number of rotatable bonds is 5. The number of carbonyl (C=O) groups excluding carboxylic acids is 2. The zero-order valence-electron chi connectivity index (χ0n) is 13.0. The minimum Gasteiger partial charge on any atom is -0.347 e. The van der Waals surface area contributed by atoms with Gasteiger partial charge in [0.2, 0.25) is 17.8 Å². The maximum Gasteiger partial charge on any atom is 0.244 e. The molecule has 0 unspecified atom stereocenters. The van der Waals surface area contributed by atoms with Crippen LogP contribution in [0.25, 0.3) is 6.08 Å². The minimum atomic E-state index is -0.302. The first kappa shape index (κ1) is 15.9. The Kier molecular flexibility index (Phi) is 5.46. The van der Waals surface area contributed by atoms with E-state index in [-0.39, 0.29) is 18.4 Å². The molecule has 7 heteroatoms. The van der Waals surface area contributed by atoms with Crippen LogP contribution in [0.1, 0.15) is 18.4 Å². The molecule has 2 rings (SSSR count). The molecule has 0 saturated carbocycles. The van der Waals surface area contributed by atoms with Crippen LogP contribution in [0.5, 0.6) is 0 Å². The Morgan fingerprint density at radius 2 is 1.91 bits per heavy atom. The quantitative estimate of drug-likeness (QED) is 0.791. The summed E-state index contributed by atoms with van der Waals surface area (Å²) in [4.78, 5) is 35.4. The van der Waals surface area contributed by atoms with Gasteiger partial charge in [0, 0.05) is 51.2 Å². The highest BCUT2D eigenvalue weighted by molar-refractivity contribution is 5.94. The molecular weight excluding hydrogens is 282 g/mol. The fourth-order valence-corrected chi connectivity index (χ4v) is 2.12. The van der Waals surface area contributed by atoms with E-state index in [4.69, 9.17) is 0 Å². The van der Waals surface area contributed by atoms with Gasteiger partial charge in [-0.25, -0.2) is 9.97 Å². The summed E-state index contributed by atoms with van der Waals surface area (Å²) in [6, 6.07) is 0. The van der Waals surface area contributed by atoms with E-state index < -0.39 is 0 Å². The van der Waals surface area contributed by atoms with Crippen LogP contribution in [-0.2, 0) is 9.59 Å². The summed E-state index contributed by atoms with van der Waals surface area (Å²) < 4.78 is 0. The third-order valence-electron chi connectivity index (χ3n) is 3.36. The van der Waals surface area contributed by atoms with Gasteiger partial charge in [0.25, 0.3) is 0 Å². The molecule has 0 spiro atoms. The largest absolute Gasteiger partial charge is 0.347 e. The van der Waals surface area contributed by atoms with Crippen molar-refractivity contribution < 1.29 is 9.59 Å². The van der Waals surface area contributed by atoms with Crippen LogP contribution in [0.3, 0.4) is 0 Å². The summed E-state index contributed by atoms with van der Waals surface area (Å²) >= 11 is 0. The first-order chi connectivity index (χ1) is 10.6. The summed E-state index contributed by atoms with van der Waals surface area (Å²) in [5, 5.41) is 2.59. The highest BCUT2D eigenvalue weighted by atomic mass is 16.2. The van der Waals surface area contributed by atoms with E-state index in [0.29, 0.717) is 5.95 Å². The first-order valence-corrected chi connectivity index (χ1v) is 7.29. The third-order valence-corrected chi connectivity index (χ3v) is 3.36. The Morgan fingerprint density at radius 3 is 2.50 bits per heavy atom. The van der Waals surface area contributed by atoms with E-state index in [1.807, 2.05) is 14.1 Å². The van der Waals surface area contributed by atoms with Crippen molar-refractivity contribution in [2.75, 3.05) is 38.6 Å². The van der Waals surface area contributed by atoms with Gasteiger partial charge < -0.3 is 15.1 Å². The molecule has 2 amide bonds. The second-order valence-electron chi connectivity index (χ2n) is 5.35. The second-order valence-corrected chi connectivity index (χ2v) is 5.35. The second kappa shape index (κ2) is 7.53. The molecule has 0 radical (unpaired) electrons. The summed E-state index contributed by atoms with van der Waals surface area (Å²) in [6.07, 6.45) is 8.37. The van der Waals surface area contributed by atoms with Crippen LogP contribution in [0.2, 0.25) is 0 Å². The Labute approximate surface area is 130 Å². The summed E-state index contributed by atoms with van der Waals surface area (Å²) in [5.41, 5.74) is 0.728. The van der Waals surface area contributed by atoms with E-state index >= 15 is 0 Å². The normalized spacial score (nSPS) is 14.4. The van der Waals surface area contributed by atoms with Crippen molar-refractivity contribution >= 4 is 23.8 Å². The Morgan fingerprint density at radius 1 is 1.27 bits per heavy atom. The van der Waals surface area contributed by atoms with Gasteiger partial charge in [0.1, 0.15) is 0 Å². The number of hydrogen-bond acceptors (Lipinski definition) is 5. The fraction of sp³-hybridized carbons (Fsp3) is 0.467. The molecular formula is C15H21N5O2. The number of nitrogens with zero attached hydrogens (tertiary/aromatic N) is 4. The monoisotopic (exact) mass is 303 g/mol. The molecule has 0 atom stereocenters. The molecule has 1 aliphatic heterocycles. The Hall–Kier alpha value is -2.44. The van der Waals surface area contributed by atoms with Gasteiger partial charge in [-0.1, -0.05) is 0 Å². The van der Waals surface area contributed by atoms with Crippen molar-refractivity contribution in [3.63, 3.8) is 0 Å². The Balaban J connectivity index is 1.79. The number of likely N-dealkylation sites (tertiary alicyclic amines) is 1. The van der Waals surface area contributed by atoms with Gasteiger partial charge in [-0.05, 0) is 18.9 Å². The number of hydrogen-bond donors (Lipinski definition) is 1. The SMILES string of the molecule is CN(C)c1ncc(C=CC(=O)NCC(=O)N2CCCC2)cn1. The van der Waals surface area contributed by atoms with E-state index in [0.717, 1.165) is 31.5 Å². The minimum absolute atomic E-state index is 0.0297. The van der Waals surface area contributed by atoms with Gasteiger partial charge >= 0.3 is 0 Å². The lowest BCUT2D eigenvalue weighted by molar-refractivity contribution is -0.131. The molecule has 2 heterocycles. The topological polar surface area (TPSA) is 78.4 Å². The van der Waals surface area contributed by atoms with Gasteiger partial charge in [-0.2, -0.15) is 0 Å². The van der Waals surface area contributed by atoms with Crippen molar-refractivity contribution in [1.29, 1.82) is 0 Å². The van der Waals surface area contributed by atoms with Gasteiger partial charge in [-0.15, -0.1) is 0 Å². The molecule has 7 nitrogen and oxygen atoms in total. The van der Waals surface area contributed by atoms with Crippen LogP contribution in [0.4, 0.5) is 5.95 Å². The summed E-state index contributed by atoms with van der Waals surface area (Å²) in [6.45, 7) is 1.62. The van der Waals surface area contributed by atoms with Crippen molar-refractivity contribution in [2.45, 2.75) is 12.8 Å². The van der Waals surface area contributed by atoms with Gasteiger partial charge in [-0.3, -0.25) is 9.59 Å². The van der Waals surface area contributed by atoms with Crippen LogP contribution < -0.4 is 10.2 Å². The molecule has 0 bridgehead atoms. The van der Waals surface area contributed by atoms with Crippen molar-refractivity contribution in [2.24, 2.45) is 0 Å². The molecule has 1 aromatic rings. The number of anilines is 1. The zero-order valence-corrected chi connectivity index (χ0v) is 13.0.